The molecule has 210 valence electrons. The van der Waals surface area contributed by atoms with Crippen LogP contribution in [0.5, 0.6) is 5.75 Å². The standard InChI is InChI=1S/C27H36F3N3O5/c1-17(11-24(34)35)33-10-9-31(13-18(33)2)22-7-8-26(38-15-22,20-3-4-20)25(36)32-14-19-12-21(27(28,29)30)5-6-23(19)37-16-32/h5-6,12,17-18,20,22H,3-4,7-11,13-16H2,1-2H3,(H,34,35)/t17-,18?,22?,26?/m0/s1. The smallest absolute Gasteiger partial charge is 0.416 e. The highest BCUT2D eigenvalue weighted by molar-refractivity contribution is 5.86. The third-order valence-electron chi connectivity index (χ3n) is 8.66. The van der Waals surface area contributed by atoms with Gasteiger partial charge in [-0.05, 0) is 63.6 Å². The first kappa shape index (κ1) is 27.2. The predicted molar refractivity (Wildman–Crippen MR) is 131 cm³/mol. The van der Waals surface area contributed by atoms with E-state index >= 15 is 0 Å². The van der Waals surface area contributed by atoms with E-state index in [2.05, 4.69) is 16.7 Å². The highest BCUT2D eigenvalue weighted by Crippen LogP contribution is 2.48. The van der Waals surface area contributed by atoms with Gasteiger partial charge in [-0.1, -0.05) is 0 Å². The number of hydrogen-bond acceptors (Lipinski definition) is 6. The van der Waals surface area contributed by atoms with Crippen LogP contribution in [0, 0.1) is 5.92 Å². The molecule has 1 N–H and O–H groups in total. The fourth-order valence-electron chi connectivity index (χ4n) is 6.46. The molecule has 11 heteroatoms. The quantitative estimate of drug-likeness (QED) is 0.592. The van der Waals surface area contributed by atoms with Crippen LogP contribution in [-0.4, -0.2) is 88.4 Å². The summed E-state index contributed by atoms with van der Waals surface area (Å²) in [6, 6.07) is 3.73. The molecule has 1 saturated carbocycles. The maximum Gasteiger partial charge on any atom is 0.416 e. The van der Waals surface area contributed by atoms with E-state index in [1.807, 2.05) is 6.92 Å². The van der Waals surface area contributed by atoms with E-state index in [1.54, 1.807) is 0 Å². The summed E-state index contributed by atoms with van der Waals surface area (Å²) in [7, 11) is 0. The van der Waals surface area contributed by atoms with Crippen LogP contribution in [0.1, 0.15) is 57.1 Å². The number of carboxylic acid groups (broad SMARTS) is 1. The number of fused-ring (bicyclic) bond motifs is 1. The number of carbonyl (C=O) groups is 2. The van der Waals surface area contributed by atoms with E-state index in [-0.39, 0.29) is 49.6 Å². The first-order valence-electron chi connectivity index (χ1n) is 13.5. The number of carbonyl (C=O) groups excluding carboxylic acids is 1. The van der Waals surface area contributed by atoms with Crippen molar-refractivity contribution in [3.8, 4) is 5.75 Å². The lowest BCUT2D eigenvalue weighted by Gasteiger charge is -2.49. The van der Waals surface area contributed by atoms with Gasteiger partial charge in [-0.15, -0.1) is 0 Å². The summed E-state index contributed by atoms with van der Waals surface area (Å²) >= 11 is 0. The van der Waals surface area contributed by atoms with Gasteiger partial charge in [-0.3, -0.25) is 19.4 Å². The van der Waals surface area contributed by atoms with Crippen molar-refractivity contribution >= 4 is 11.9 Å². The number of ether oxygens (including phenoxy) is 2. The number of hydrogen-bond donors (Lipinski definition) is 1. The van der Waals surface area contributed by atoms with E-state index < -0.39 is 23.3 Å². The second-order valence-electron chi connectivity index (χ2n) is 11.3. The van der Waals surface area contributed by atoms with Gasteiger partial charge in [-0.2, -0.15) is 13.2 Å². The average Bonchev–Trinajstić information content (AvgIpc) is 3.73. The number of rotatable bonds is 6. The van der Waals surface area contributed by atoms with Gasteiger partial charge in [0.25, 0.3) is 5.91 Å². The van der Waals surface area contributed by atoms with E-state index in [0.717, 1.165) is 51.0 Å². The molecule has 1 aromatic carbocycles. The summed E-state index contributed by atoms with van der Waals surface area (Å²) in [5.41, 5.74) is -1.36. The molecule has 0 bridgehead atoms. The van der Waals surface area contributed by atoms with Gasteiger partial charge >= 0.3 is 12.1 Å². The van der Waals surface area contributed by atoms with Crippen LogP contribution >= 0.6 is 0 Å². The summed E-state index contributed by atoms with van der Waals surface area (Å²) in [5, 5.41) is 9.15. The summed E-state index contributed by atoms with van der Waals surface area (Å²) in [6.07, 6.45) is -1.19. The lowest BCUT2D eigenvalue weighted by molar-refractivity contribution is -0.181. The van der Waals surface area contributed by atoms with Crippen LogP contribution in [0.15, 0.2) is 18.2 Å². The zero-order valence-corrected chi connectivity index (χ0v) is 21.9. The van der Waals surface area contributed by atoms with Crippen molar-refractivity contribution in [1.82, 2.24) is 14.7 Å². The summed E-state index contributed by atoms with van der Waals surface area (Å²) in [5.74, 6) is -0.496. The average molecular weight is 540 g/mol. The van der Waals surface area contributed by atoms with Crippen molar-refractivity contribution < 1.29 is 37.3 Å². The van der Waals surface area contributed by atoms with Crippen molar-refractivity contribution in [2.24, 2.45) is 5.92 Å². The normalized spacial score (nSPS) is 29.9. The Morgan fingerprint density at radius 1 is 1.21 bits per heavy atom. The number of piperazine rings is 1. The summed E-state index contributed by atoms with van der Waals surface area (Å²) < 4.78 is 51.8. The molecule has 1 aliphatic carbocycles. The molecule has 0 radical (unpaired) electrons. The number of alkyl halides is 3. The largest absolute Gasteiger partial charge is 0.481 e. The van der Waals surface area contributed by atoms with E-state index in [9.17, 15) is 22.8 Å². The molecular formula is C27H36F3N3O5. The zero-order chi connectivity index (χ0) is 27.2. The molecule has 3 aliphatic heterocycles. The summed E-state index contributed by atoms with van der Waals surface area (Å²) in [6.45, 7) is 6.94. The van der Waals surface area contributed by atoms with Gasteiger partial charge in [0.15, 0.2) is 6.73 Å². The van der Waals surface area contributed by atoms with Crippen molar-refractivity contribution in [3.63, 3.8) is 0 Å². The number of carboxylic acids is 1. The molecule has 2 saturated heterocycles. The molecule has 1 aromatic rings. The third-order valence-corrected chi connectivity index (χ3v) is 8.66. The predicted octanol–water partition coefficient (Wildman–Crippen LogP) is 3.58. The SMILES string of the molecule is CC1CN(C2CCC(C(=O)N3COc4ccc(C(F)(F)F)cc4C3)(C3CC3)OC2)CCN1[C@@H](C)CC(=O)O. The van der Waals surface area contributed by atoms with Crippen LogP contribution < -0.4 is 4.74 Å². The molecule has 8 nitrogen and oxygen atoms in total. The molecule has 4 atom stereocenters. The molecule has 3 unspecified atom stereocenters. The van der Waals surface area contributed by atoms with Gasteiger partial charge in [0.2, 0.25) is 0 Å². The fraction of sp³-hybridized carbons (Fsp3) is 0.704. The second kappa shape index (κ2) is 10.3. The van der Waals surface area contributed by atoms with Gasteiger partial charge in [0.1, 0.15) is 11.4 Å². The van der Waals surface area contributed by atoms with Gasteiger partial charge in [-0.25, -0.2) is 0 Å². The number of amides is 1. The zero-order valence-electron chi connectivity index (χ0n) is 21.9. The van der Waals surface area contributed by atoms with Crippen molar-refractivity contribution in [2.75, 3.05) is 33.0 Å². The molecule has 3 fully saturated rings. The molecule has 0 aromatic heterocycles. The minimum atomic E-state index is -4.46. The summed E-state index contributed by atoms with van der Waals surface area (Å²) in [4.78, 5) is 31.1. The van der Waals surface area contributed by atoms with Crippen LogP contribution in [0.3, 0.4) is 0 Å². The molecule has 38 heavy (non-hydrogen) atoms. The lowest BCUT2D eigenvalue weighted by atomic mass is 9.85. The van der Waals surface area contributed by atoms with Crippen molar-refractivity contribution in [3.05, 3.63) is 29.3 Å². The van der Waals surface area contributed by atoms with Crippen molar-refractivity contribution in [2.45, 2.75) is 82.4 Å². The second-order valence-corrected chi connectivity index (χ2v) is 11.3. The number of nitrogens with zero attached hydrogens (tertiary/aromatic N) is 3. The lowest BCUT2D eigenvalue weighted by Crippen LogP contribution is -2.62. The topological polar surface area (TPSA) is 82.6 Å². The maximum absolute atomic E-state index is 13.8. The highest BCUT2D eigenvalue weighted by Gasteiger charge is 2.56. The number of halogens is 3. The Balaban J connectivity index is 1.22. The van der Waals surface area contributed by atoms with Crippen LogP contribution in [0.4, 0.5) is 13.2 Å². The van der Waals surface area contributed by atoms with Crippen LogP contribution in [0.25, 0.3) is 0 Å². The first-order chi connectivity index (χ1) is 18.0. The fourth-order valence-corrected chi connectivity index (χ4v) is 6.46. The minimum absolute atomic E-state index is 0.00748. The third kappa shape index (κ3) is 5.37. The molecule has 0 spiro atoms. The van der Waals surface area contributed by atoms with E-state index in [4.69, 9.17) is 14.6 Å². The molecule has 1 amide bonds. The Kier molecular flexibility index (Phi) is 7.38. The molecule has 5 rings (SSSR count). The minimum Gasteiger partial charge on any atom is -0.481 e. The molecular weight excluding hydrogens is 503 g/mol. The first-order valence-corrected chi connectivity index (χ1v) is 13.5. The van der Waals surface area contributed by atoms with E-state index in [0.29, 0.717) is 24.3 Å². The Labute approximate surface area is 220 Å². The Morgan fingerprint density at radius 2 is 1.97 bits per heavy atom. The van der Waals surface area contributed by atoms with Crippen LogP contribution in [-0.2, 0) is 27.0 Å². The molecule has 3 heterocycles. The van der Waals surface area contributed by atoms with Gasteiger partial charge < -0.3 is 19.5 Å². The number of aliphatic carboxylic acids is 1. The number of benzene rings is 1. The van der Waals surface area contributed by atoms with Gasteiger partial charge in [0, 0.05) is 43.3 Å². The Morgan fingerprint density at radius 3 is 2.58 bits per heavy atom. The van der Waals surface area contributed by atoms with Crippen LogP contribution in [0.2, 0.25) is 0 Å². The maximum atomic E-state index is 13.8. The monoisotopic (exact) mass is 539 g/mol. The molecule has 4 aliphatic rings. The Hall–Kier alpha value is -2.37. The van der Waals surface area contributed by atoms with Gasteiger partial charge in [0.05, 0.1) is 25.1 Å². The van der Waals surface area contributed by atoms with E-state index in [1.165, 1.54) is 11.0 Å². The highest BCUT2D eigenvalue weighted by atomic mass is 19.4. The Bertz CT molecular complexity index is 1050. The van der Waals surface area contributed by atoms with Crippen molar-refractivity contribution in [1.29, 1.82) is 0 Å².